The Hall–Kier alpha value is -8.02. The Kier molecular flexibility index (Phi) is 19.5. The van der Waals surface area contributed by atoms with Crippen LogP contribution in [0.25, 0.3) is 0 Å². The van der Waals surface area contributed by atoms with Gasteiger partial charge in [-0.3, -0.25) is 19.2 Å². The van der Waals surface area contributed by atoms with Crippen molar-refractivity contribution < 1.29 is 71.2 Å². The van der Waals surface area contributed by atoms with Crippen molar-refractivity contribution in [2.75, 3.05) is 65.3 Å². The third-order valence-electron chi connectivity index (χ3n) is 14.6. The number of likely N-dealkylation sites (tertiary alicyclic amines) is 1. The molecule has 23 heteroatoms. The summed E-state index contributed by atoms with van der Waals surface area (Å²) < 4.78 is 47.6. The summed E-state index contributed by atoms with van der Waals surface area (Å²) in [5, 5.41) is 22.5. The standard InChI is InChI=1S/C27H29FN4O6.C15H15N3O6.C12H16FNO.2CH4/c1-29-25(35)30-19-7-9-21-17(13-19)11-12-27(21)24(34)31(26(36)38-27)14-23(33)32-20(15-37-2)8-10-22(32)16-3-5-18(28)6-4-16;1-16-13(22)17-9-2-3-10-8(6-9)4-5-15(10)12(21)18(7-11(19)20)14(23)24-15;1-15-8-11-6-7-12(14-11)9-2-4-10(13)5-3-9;;/h3-7,9,13,20,22H,8,10-12,14-15H2,1-2H3,(H2,29,30,35);2-3,6H,4-5,7H2,1H3,(H,19,20)(H2,16,17,22);2-5,11-12,14H,6-8H2,1H3;2*1H4/t20-,22+,27?;15-;11-,12+;;/m111../s1. The van der Waals surface area contributed by atoms with E-state index in [-0.39, 0.29) is 63.5 Å². The Balaban J connectivity index is 0.000000210. The molecule has 4 fully saturated rings. The highest BCUT2D eigenvalue weighted by atomic mass is 19.1. The summed E-state index contributed by atoms with van der Waals surface area (Å²) in [6.45, 7) is -0.155. The van der Waals surface area contributed by atoms with Crippen LogP contribution in [0.5, 0.6) is 0 Å². The van der Waals surface area contributed by atoms with Crippen molar-refractivity contribution >= 4 is 59.3 Å². The first-order valence-electron chi connectivity index (χ1n) is 25.1. The first kappa shape index (κ1) is 60.2. The quantitative estimate of drug-likeness (QED) is 0.0816. The maximum Gasteiger partial charge on any atom is 0.418 e. The van der Waals surface area contributed by atoms with E-state index in [1.165, 1.54) is 38.4 Å². The summed E-state index contributed by atoms with van der Waals surface area (Å²) in [6, 6.07) is 22.1. The molecule has 9 amide bonds. The second kappa shape index (κ2) is 25.6. The van der Waals surface area contributed by atoms with Gasteiger partial charge in [-0.2, -0.15) is 0 Å². The van der Waals surface area contributed by atoms with Gasteiger partial charge in [-0.05, 0) is 109 Å². The number of hydrogen-bond acceptors (Lipinski definition) is 13. The lowest BCUT2D eigenvalue weighted by atomic mass is 9.94. The van der Waals surface area contributed by atoms with Crippen LogP contribution in [0.15, 0.2) is 84.9 Å². The van der Waals surface area contributed by atoms with Crippen LogP contribution in [0.3, 0.4) is 0 Å². The van der Waals surface area contributed by atoms with Gasteiger partial charge >= 0.3 is 30.2 Å². The number of imide groups is 2. The van der Waals surface area contributed by atoms with E-state index in [2.05, 4.69) is 26.6 Å². The molecule has 6 N–H and O–H groups in total. The van der Waals surface area contributed by atoms with Gasteiger partial charge < -0.3 is 55.5 Å². The highest BCUT2D eigenvalue weighted by Crippen LogP contribution is 2.48. The topological polar surface area (TPSA) is 264 Å². The van der Waals surface area contributed by atoms with Crippen molar-refractivity contribution in [2.24, 2.45) is 0 Å². The predicted octanol–water partition coefficient (Wildman–Crippen LogP) is 7.26. The van der Waals surface area contributed by atoms with Crippen LogP contribution in [-0.4, -0.2) is 134 Å². The molecule has 4 heterocycles. The Morgan fingerprint density at radius 1 is 0.658 bits per heavy atom. The molecule has 21 nitrogen and oxygen atoms in total. The zero-order valence-electron chi connectivity index (χ0n) is 42.8. The number of anilines is 2. The number of carbonyl (C=O) groups is 8. The first-order chi connectivity index (χ1) is 36.9. The van der Waals surface area contributed by atoms with Gasteiger partial charge in [-0.1, -0.05) is 51.3 Å². The molecule has 4 aromatic rings. The number of carbonyl (C=O) groups excluding carboxylic acids is 7. The van der Waals surface area contributed by atoms with Gasteiger partial charge in [0, 0.05) is 75.7 Å². The minimum atomic E-state index is -1.49. The summed E-state index contributed by atoms with van der Waals surface area (Å²) >= 11 is 0. The zero-order valence-corrected chi connectivity index (χ0v) is 42.8. The number of ether oxygens (including phenoxy) is 4. The second-order valence-electron chi connectivity index (χ2n) is 19.3. The molecule has 0 saturated carbocycles. The van der Waals surface area contributed by atoms with Crippen molar-refractivity contribution in [1.82, 2.24) is 30.7 Å². The minimum absolute atomic E-state index is 0. The molecule has 6 atom stereocenters. The van der Waals surface area contributed by atoms with Crippen LogP contribution in [0, 0.1) is 11.6 Å². The van der Waals surface area contributed by atoms with Crippen LogP contribution in [0.1, 0.15) is 98.8 Å². The van der Waals surface area contributed by atoms with Crippen LogP contribution in [-0.2, 0) is 62.2 Å². The zero-order chi connectivity index (χ0) is 55.2. The van der Waals surface area contributed by atoms with Crippen molar-refractivity contribution in [3.05, 3.63) is 130 Å². The number of fused-ring (bicyclic) bond motifs is 4. The number of carboxylic acids is 1. The van der Waals surface area contributed by atoms with E-state index in [0.29, 0.717) is 71.8 Å². The van der Waals surface area contributed by atoms with Gasteiger partial charge in [-0.15, -0.1) is 0 Å². The van der Waals surface area contributed by atoms with E-state index < -0.39 is 60.2 Å². The van der Waals surface area contributed by atoms with E-state index in [0.717, 1.165) is 46.6 Å². The number of carboxylic acid groups (broad SMARTS) is 1. The third kappa shape index (κ3) is 12.6. The van der Waals surface area contributed by atoms with Gasteiger partial charge in [0.05, 0.1) is 25.3 Å². The number of benzene rings is 4. The fraction of sp³-hybridized carbons (Fsp3) is 0.429. The Morgan fingerprint density at radius 2 is 1.14 bits per heavy atom. The van der Waals surface area contributed by atoms with E-state index in [1.54, 1.807) is 67.7 Å². The fourth-order valence-electron chi connectivity index (χ4n) is 10.9. The number of nitrogens with one attached hydrogen (secondary N) is 5. The van der Waals surface area contributed by atoms with Crippen LogP contribution < -0.4 is 26.6 Å². The van der Waals surface area contributed by atoms with E-state index in [9.17, 15) is 47.1 Å². The normalized spacial score (nSPS) is 23.0. The maximum atomic E-state index is 13.6. The summed E-state index contributed by atoms with van der Waals surface area (Å²) in [6.07, 6.45) is 3.13. The van der Waals surface area contributed by atoms with Crippen molar-refractivity contribution in [1.29, 1.82) is 0 Å². The maximum absolute atomic E-state index is 13.6. The van der Waals surface area contributed by atoms with Gasteiger partial charge in [0.2, 0.25) is 17.1 Å². The molecular formula is C56H68F2N8O13. The molecule has 424 valence electrons. The van der Waals surface area contributed by atoms with Crippen molar-refractivity contribution in [3.63, 3.8) is 0 Å². The smallest absolute Gasteiger partial charge is 0.418 e. The molecule has 0 radical (unpaired) electrons. The third-order valence-corrected chi connectivity index (χ3v) is 14.6. The average molecular weight is 1100 g/mol. The Bertz CT molecular complexity index is 2930. The number of hydrogen-bond donors (Lipinski definition) is 6. The molecular weight excluding hydrogens is 1030 g/mol. The van der Waals surface area contributed by atoms with Crippen molar-refractivity contribution in [3.8, 4) is 0 Å². The van der Waals surface area contributed by atoms with Crippen LogP contribution in [0.4, 0.5) is 39.3 Å². The van der Waals surface area contributed by atoms with Gasteiger partial charge in [0.25, 0.3) is 11.8 Å². The number of urea groups is 2. The molecule has 4 aliphatic heterocycles. The number of aliphatic carboxylic acids is 1. The molecule has 10 rings (SSSR count). The molecule has 0 bridgehead atoms. The summed E-state index contributed by atoms with van der Waals surface area (Å²) in [5.74, 6) is -3.50. The lowest BCUT2D eigenvalue weighted by Crippen LogP contribution is -2.47. The molecule has 6 aliphatic rings. The summed E-state index contributed by atoms with van der Waals surface area (Å²) in [5.41, 5.74) is 2.70. The highest BCUT2D eigenvalue weighted by molar-refractivity contribution is 6.07. The molecule has 79 heavy (non-hydrogen) atoms. The predicted molar refractivity (Wildman–Crippen MR) is 285 cm³/mol. The summed E-state index contributed by atoms with van der Waals surface area (Å²) in [7, 11) is 6.26. The molecule has 4 aromatic carbocycles. The lowest BCUT2D eigenvalue weighted by Gasteiger charge is -2.31. The molecule has 1 unspecified atom stereocenters. The average Bonchev–Trinajstić information content (AvgIpc) is 4.21. The van der Waals surface area contributed by atoms with Gasteiger partial charge in [0.1, 0.15) is 24.7 Å². The van der Waals surface area contributed by atoms with Crippen LogP contribution >= 0.6 is 0 Å². The van der Waals surface area contributed by atoms with E-state index >= 15 is 0 Å². The highest BCUT2D eigenvalue weighted by Gasteiger charge is 2.60. The van der Waals surface area contributed by atoms with E-state index in [1.807, 2.05) is 12.1 Å². The number of amides is 9. The number of aryl methyl sites for hydroxylation is 2. The molecule has 0 aromatic heterocycles. The summed E-state index contributed by atoms with van der Waals surface area (Å²) in [4.78, 5) is 102. The fourth-order valence-corrected chi connectivity index (χ4v) is 10.9. The molecule has 2 spiro atoms. The number of halogens is 2. The van der Waals surface area contributed by atoms with Crippen LogP contribution in [0.2, 0.25) is 0 Å². The van der Waals surface area contributed by atoms with E-state index in [4.69, 9.17) is 24.1 Å². The SMILES string of the molecule is C.C.CNC(=O)Nc1ccc2c(c1)CCC21OC(=O)N(CC(=O)N2[C@@H](COC)CC[C@H]2c2ccc(F)cc2)C1=O.CNC(=O)Nc1ccc2c(c1)CC[C@@]21OC(=O)N(CC(=O)O)C1=O.COC[C@H]1CC[C@@H](c2ccc(F)cc2)N1. The second-order valence-corrected chi connectivity index (χ2v) is 19.3. The lowest BCUT2D eigenvalue weighted by molar-refractivity contribution is -0.144. The minimum Gasteiger partial charge on any atom is -0.480 e. The van der Waals surface area contributed by atoms with Gasteiger partial charge in [-0.25, -0.2) is 37.8 Å². The van der Waals surface area contributed by atoms with Gasteiger partial charge in [0.15, 0.2) is 0 Å². The molecule has 2 aliphatic carbocycles. The number of methoxy groups -OCH3 is 2. The van der Waals surface area contributed by atoms with Crippen molar-refractivity contribution in [2.45, 2.75) is 102 Å². The monoisotopic (exact) mass is 1100 g/mol. The number of nitrogens with zero attached hydrogens (tertiary/aromatic N) is 3. The first-order valence-corrected chi connectivity index (χ1v) is 25.1. The number of rotatable bonds is 12. The largest absolute Gasteiger partial charge is 0.480 e. The Morgan fingerprint density at radius 3 is 1.61 bits per heavy atom. The Labute approximate surface area is 456 Å². The molecule has 4 saturated heterocycles.